The molecule has 0 spiro atoms. The Morgan fingerprint density at radius 2 is 1.83 bits per heavy atom. The Morgan fingerprint density at radius 1 is 1.17 bits per heavy atom. The van der Waals surface area contributed by atoms with Crippen molar-refractivity contribution in [1.29, 1.82) is 0 Å². The lowest BCUT2D eigenvalue weighted by Crippen LogP contribution is -2.10. The van der Waals surface area contributed by atoms with Crippen molar-refractivity contribution in [2.75, 3.05) is 13.7 Å². The fourth-order valence-electron chi connectivity index (χ4n) is 1.71. The molecular weight excluding hydrogens is 248 g/mol. The SMILES string of the molecule is COc1ccccc1OCCC(O)[SH]1C=CC=C1. The summed E-state index contributed by atoms with van der Waals surface area (Å²) < 4.78 is 10.8. The van der Waals surface area contributed by atoms with E-state index in [0.29, 0.717) is 13.0 Å². The number of para-hydroxylation sites is 2. The van der Waals surface area contributed by atoms with Crippen molar-refractivity contribution in [2.24, 2.45) is 0 Å². The average molecular weight is 266 g/mol. The van der Waals surface area contributed by atoms with Gasteiger partial charge in [0, 0.05) is 6.42 Å². The van der Waals surface area contributed by atoms with Gasteiger partial charge in [-0.3, -0.25) is 0 Å². The number of rotatable bonds is 6. The third-order valence-corrected chi connectivity index (χ3v) is 4.65. The van der Waals surface area contributed by atoms with Gasteiger partial charge in [0.2, 0.25) is 0 Å². The maximum Gasteiger partial charge on any atom is 0.161 e. The van der Waals surface area contributed by atoms with Gasteiger partial charge in [-0.15, -0.1) is 0 Å². The van der Waals surface area contributed by atoms with Crippen LogP contribution in [0.5, 0.6) is 11.5 Å². The topological polar surface area (TPSA) is 38.7 Å². The number of allylic oxidation sites excluding steroid dienone is 2. The molecule has 18 heavy (non-hydrogen) atoms. The molecule has 0 amide bonds. The predicted octanol–water partition coefficient (Wildman–Crippen LogP) is 2.82. The summed E-state index contributed by atoms with van der Waals surface area (Å²) in [7, 11) is 1.10. The minimum Gasteiger partial charge on any atom is -0.493 e. The molecule has 4 heteroatoms. The molecule has 0 aromatic heterocycles. The van der Waals surface area contributed by atoms with Gasteiger partial charge in [0.05, 0.1) is 19.2 Å². The van der Waals surface area contributed by atoms with E-state index < -0.39 is 10.9 Å². The number of aliphatic hydroxyl groups excluding tert-OH is 1. The van der Waals surface area contributed by atoms with E-state index in [1.807, 2.05) is 36.4 Å². The van der Waals surface area contributed by atoms with Crippen molar-refractivity contribution >= 4 is 10.9 Å². The van der Waals surface area contributed by atoms with Crippen molar-refractivity contribution in [2.45, 2.75) is 11.9 Å². The van der Waals surface area contributed by atoms with Gasteiger partial charge < -0.3 is 14.6 Å². The van der Waals surface area contributed by atoms with Crippen LogP contribution in [0.25, 0.3) is 0 Å². The Morgan fingerprint density at radius 3 is 2.50 bits per heavy atom. The molecule has 1 aliphatic rings. The minimum atomic E-state index is -0.515. The maximum atomic E-state index is 9.97. The summed E-state index contributed by atoms with van der Waals surface area (Å²) in [6.07, 6.45) is 4.59. The first-order chi connectivity index (χ1) is 8.81. The smallest absolute Gasteiger partial charge is 0.161 e. The molecule has 0 bridgehead atoms. The van der Waals surface area contributed by atoms with Crippen LogP contribution in [0.4, 0.5) is 0 Å². The number of thiol groups is 1. The van der Waals surface area contributed by atoms with Crippen LogP contribution in [0.15, 0.2) is 47.2 Å². The van der Waals surface area contributed by atoms with Gasteiger partial charge in [-0.1, -0.05) is 24.3 Å². The molecule has 0 fully saturated rings. The highest BCUT2D eigenvalue weighted by Gasteiger charge is 2.12. The molecule has 1 N–H and O–H groups in total. The molecule has 0 aliphatic carbocycles. The second-order valence-electron chi connectivity index (χ2n) is 3.90. The van der Waals surface area contributed by atoms with Crippen LogP contribution in [-0.2, 0) is 0 Å². The Labute approximate surface area is 110 Å². The van der Waals surface area contributed by atoms with E-state index in [1.54, 1.807) is 7.11 Å². The molecule has 98 valence electrons. The third kappa shape index (κ3) is 3.31. The monoisotopic (exact) mass is 266 g/mol. The molecular formula is C14H18O3S. The Hall–Kier alpha value is -1.39. The van der Waals surface area contributed by atoms with E-state index in [4.69, 9.17) is 9.47 Å². The zero-order chi connectivity index (χ0) is 12.8. The van der Waals surface area contributed by atoms with Gasteiger partial charge in [-0.25, -0.2) is 0 Å². The van der Waals surface area contributed by atoms with Gasteiger partial charge in [0.1, 0.15) is 0 Å². The second kappa shape index (κ2) is 6.52. The van der Waals surface area contributed by atoms with Crippen LogP contribution in [0.3, 0.4) is 0 Å². The van der Waals surface area contributed by atoms with E-state index >= 15 is 0 Å². The lowest BCUT2D eigenvalue weighted by Gasteiger charge is -2.19. The highest BCUT2D eigenvalue weighted by Crippen LogP contribution is 2.38. The summed E-state index contributed by atoms with van der Waals surface area (Å²) >= 11 is 0. The Bertz CT molecular complexity index is 430. The predicted molar refractivity (Wildman–Crippen MR) is 76.4 cm³/mol. The molecule has 2 rings (SSSR count). The first-order valence-electron chi connectivity index (χ1n) is 5.87. The van der Waals surface area contributed by atoms with Crippen LogP contribution >= 0.6 is 10.9 Å². The van der Waals surface area contributed by atoms with Gasteiger partial charge in [-0.05, 0) is 22.9 Å². The number of hydrogen-bond donors (Lipinski definition) is 2. The average Bonchev–Trinajstić information content (AvgIpc) is 2.93. The number of benzene rings is 1. The minimum absolute atomic E-state index is 0.329. The molecule has 1 aromatic rings. The first-order valence-corrected chi connectivity index (χ1v) is 7.42. The summed E-state index contributed by atoms with van der Waals surface area (Å²) in [4.78, 5) is 0. The molecule has 1 aliphatic heterocycles. The number of hydrogen-bond acceptors (Lipinski definition) is 3. The van der Waals surface area contributed by atoms with Crippen LogP contribution in [-0.4, -0.2) is 24.3 Å². The fraction of sp³-hybridized carbons (Fsp3) is 0.286. The van der Waals surface area contributed by atoms with Crippen LogP contribution in [0.2, 0.25) is 0 Å². The molecule has 0 saturated heterocycles. The zero-order valence-electron chi connectivity index (χ0n) is 10.3. The lowest BCUT2D eigenvalue weighted by atomic mass is 10.3. The third-order valence-electron chi connectivity index (χ3n) is 2.67. The van der Waals surface area contributed by atoms with E-state index in [-0.39, 0.29) is 5.44 Å². The summed E-state index contributed by atoms with van der Waals surface area (Å²) in [6.45, 7) is 0.488. The molecule has 3 nitrogen and oxygen atoms in total. The van der Waals surface area contributed by atoms with Crippen LogP contribution in [0, 0.1) is 0 Å². The molecule has 1 aromatic carbocycles. The molecule has 0 saturated carbocycles. The normalized spacial score (nSPS) is 16.9. The summed E-state index contributed by atoms with van der Waals surface area (Å²) in [5.74, 6) is 1.44. The molecule has 1 unspecified atom stereocenters. The van der Waals surface area contributed by atoms with Gasteiger partial charge in [-0.2, -0.15) is 10.9 Å². The van der Waals surface area contributed by atoms with Crippen molar-refractivity contribution in [3.8, 4) is 11.5 Å². The summed E-state index contributed by atoms with van der Waals surface area (Å²) in [5.41, 5.74) is -0.329. The zero-order valence-corrected chi connectivity index (χ0v) is 11.2. The van der Waals surface area contributed by atoms with Gasteiger partial charge in [0.15, 0.2) is 11.5 Å². The molecule has 0 radical (unpaired) electrons. The molecule has 1 atom stereocenters. The standard InChI is InChI=1S/C14H18O3S/c1-16-12-6-2-3-7-13(12)17-9-8-14(15)18-10-4-5-11-18/h2-7,10-11,14-15,18H,8-9H2,1H3. The maximum absolute atomic E-state index is 9.97. The van der Waals surface area contributed by atoms with Gasteiger partial charge in [0.25, 0.3) is 0 Å². The Balaban J connectivity index is 1.81. The first kappa shape index (κ1) is 13.1. The summed E-state index contributed by atoms with van der Waals surface area (Å²) in [6, 6.07) is 7.53. The summed E-state index contributed by atoms with van der Waals surface area (Å²) in [5, 5.41) is 14.1. The second-order valence-corrected chi connectivity index (χ2v) is 5.99. The van der Waals surface area contributed by atoms with Crippen molar-refractivity contribution in [3.05, 3.63) is 47.2 Å². The highest BCUT2D eigenvalue weighted by atomic mass is 32.2. The van der Waals surface area contributed by atoms with E-state index in [2.05, 4.69) is 10.8 Å². The number of ether oxygens (including phenoxy) is 2. The Kier molecular flexibility index (Phi) is 4.73. The van der Waals surface area contributed by atoms with E-state index in [1.165, 1.54) is 0 Å². The van der Waals surface area contributed by atoms with Gasteiger partial charge >= 0.3 is 0 Å². The van der Waals surface area contributed by atoms with Crippen LogP contribution < -0.4 is 9.47 Å². The highest BCUT2D eigenvalue weighted by molar-refractivity contribution is 8.22. The number of methoxy groups -OCH3 is 1. The quantitative estimate of drug-likeness (QED) is 0.778. The lowest BCUT2D eigenvalue weighted by molar-refractivity contribution is 0.205. The van der Waals surface area contributed by atoms with Crippen LogP contribution in [0.1, 0.15) is 6.42 Å². The molecule has 1 heterocycles. The van der Waals surface area contributed by atoms with Crippen molar-refractivity contribution in [3.63, 3.8) is 0 Å². The van der Waals surface area contributed by atoms with Crippen molar-refractivity contribution in [1.82, 2.24) is 0 Å². The number of aliphatic hydroxyl groups is 1. The van der Waals surface area contributed by atoms with E-state index in [0.717, 1.165) is 11.5 Å². The van der Waals surface area contributed by atoms with E-state index in [9.17, 15) is 5.11 Å². The van der Waals surface area contributed by atoms with Crippen molar-refractivity contribution < 1.29 is 14.6 Å². The largest absolute Gasteiger partial charge is 0.493 e. The fourth-order valence-corrected chi connectivity index (χ4v) is 3.20.